The van der Waals surface area contributed by atoms with Crippen molar-refractivity contribution >= 4 is 39.1 Å². The van der Waals surface area contributed by atoms with Crippen LogP contribution in [0.25, 0.3) is 0 Å². The van der Waals surface area contributed by atoms with Crippen LogP contribution in [0.5, 0.6) is 0 Å². The molecule has 2 aromatic carbocycles. The van der Waals surface area contributed by atoms with Crippen molar-refractivity contribution in [2.24, 2.45) is 0 Å². The molecule has 2 heterocycles. The number of sulfonamides is 1. The molecule has 0 aromatic heterocycles. The van der Waals surface area contributed by atoms with Gasteiger partial charge in [0.1, 0.15) is 0 Å². The summed E-state index contributed by atoms with van der Waals surface area (Å²) in [4.78, 5) is 13.6. The molecule has 1 saturated heterocycles. The van der Waals surface area contributed by atoms with E-state index in [9.17, 15) is 13.2 Å². The standard InChI is InChI=1S/C19H21N3O3S2/c23-18-19(26-17-10-3-2-9-16(17)21-18)20-14-7-6-8-15(13-14)27(24,25)22-11-4-1-5-12-22/h2-3,6-10,13,19-20H,1,4-5,11-12H2,(H,21,23)/t19-/m0/s1. The first-order valence-corrected chi connectivity index (χ1v) is 11.3. The number of nitrogens with zero attached hydrogens (tertiary/aromatic N) is 1. The Morgan fingerprint density at radius 3 is 2.63 bits per heavy atom. The number of carbonyl (C=O) groups excluding carboxylic acids is 1. The molecule has 2 aliphatic heterocycles. The van der Waals surface area contributed by atoms with Crippen LogP contribution in [0.1, 0.15) is 19.3 Å². The Kier molecular flexibility index (Phi) is 5.12. The van der Waals surface area contributed by atoms with E-state index in [0.29, 0.717) is 18.8 Å². The quantitative estimate of drug-likeness (QED) is 0.819. The minimum Gasteiger partial charge on any atom is -0.365 e. The molecular weight excluding hydrogens is 382 g/mol. The number of fused-ring (bicyclic) bond motifs is 1. The van der Waals surface area contributed by atoms with Crippen molar-refractivity contribution in [1.82, 2.24) is 4.31 Å². The van der Waals surface area contributed by atoms with Gasteiger partial charge in [0.15, 0.2) is 5.37 Å². The van der Waals surface area contributed by atoms with Gasteiger partial charge in [0.2, 0.25) is 10.0 Å². The first kappa shape index (κ1) is 18.3. The van der Waals surface area contributed by atoms with Crippen LogP contribution in [0.15, 0.2) is 58.3 Å². The van der Waals surface area contributed by atoms with E-state index < -0.39 is 15.4 Å². The van der Waals surface area contributed by atoms with Gasteiger partial charge in [0, 0.05) is 23.7 Å². The van der Waals surface area contributed by atoms with E-state index in [1.165, 1.54) is 11.8 Å². The lowest BCUT2D eigenvalue weighted by Crippen LogP contribution is -2.36. The Labute approximate surface area is 163 Å². The van der Waals surface area contributed by atoms with E-state index in [1.807, 2.05) is 24.3 Å². The van der Waals surface area contributed by atoms with Crippen molar-refractivity contribution < 1.29 is 13.2 Å². The van der Waals surface area contributed by atoms with Gasteiger partial charge in [-0.15, -0.1) is 0 Å². The summed E-state index contributed by atoms with van der Waals surface area (Å²) in [5, 5.41) is 5.51. The molecule has 8 heteroatoms. The van der Waals surface area contributed by atoms with Crippen LogP contribution in [-0.4, -0.2) is 37.1 Å². The fraction of sp³-hybridized carbons (Fsp3) is 0.316. The number of benzene rings is 2. The average molecular weight is 404 g/mol. The van der Waals surface area contributed by atoms with Crippen LogP contribution in [0.2, 0.25) is 0 Å². The smallest absolute Gasteiger partial charge is 0.257 e. The number of rotatable bonds is 4. The Balaban J connectivity index is 1.54. The van der Waals surface area contributed by atoms with Crippen LogP contribution in [-0.2, 0) is 14.8 Å². The molecule has 6 nitrogen and oxygen atoms in total. The zero-order valence-corrected chi connectivity index (χ0v) is 16.4. The third kappa shape index (κ3) is 3.83. The first-order valence-electron chi connectivity index (χ1n) is 8.97. The van der Waals surface area contributed by atoms with Crippen molar-refractivity contribution in [2.45, 2.75) is 34.4 Å². The highest BCUT2D eigenvalue weighted by atomic mass is 32.2. The molecule has 142 valence electrons. The number of piperidine rings is 1. The fourth-order valence-corrected chi connectivity index (χ4v) is 5.88. The molecule has 0 unspecified atom stereocenters. The second kappa shape index (κ2) is 7.53. The molecular formula is C19H21N3O3S2. The third-order valence-electron chi connectivity index (χ3n) is 4.71. The molecule has 0 radical (unpaired) electrons. The summed E-state index contributed by atoms with van der Waals surface area (Å²) in [6.07, 6.45) is 2.87. The number of para-hydroxylation sites is 1. The summed E-state index contributed by atoms with van der Waals surface area (Å²) in [5.74, 6) is -0.150. The fourth-order valence-electron chi connectivity index (χ4n) is 3.30. The average Bonchev–Trinajstić information content (AvgIpc) is 2.69. The van der Waals surface area contributed by atoms with E-state index in [4.69, 9.17) is 0 Å². The molecule has 0 saturated carbocycles. The van der Waals surface area contributed by atoms with Gasteiger partial charge >= 0.3 is 0 Å². The zero-order chi connectivity index (χ0) is 18.9. The summed E-state index contributed by atoms with van der Waals surface area (Å²) in [7, 11) is -3.50. The van der Waals surface area contributed by atoms with Crippen molar-refractivity contribution in [3.05, 3.63) is 48.5 Å². The highest BCUT2D eigenvalue weighted by Crippen LogP contribution is 2.36. The van der Waals surface area contributed by atoms with Gasteiger partial charge in [0.25, 0.3) is 5.91 Å². The maximum atomic E-state index is 12.9. The van der Waals surface area contributed by atoms with E-state index in [-0.39, 0.29) is 10.8 Å². The number of thioether (sulfide) groups is 1. The number of anilines is 2. The van der Waals surface area contributed by atoms with Gasteiger partial charge in [-0.1, -0.05) is 36.4 Å². The van der Waals surface area contributed by atoms with E-state index in [0.717, 1.165) is 29.8 Å². The summed E-state index contributed by atoms with van der Waals surface area (Å²) < 4.78 is 27.3. The van der Waals surface area contributed by atoms with Gasteiger partial charge in [-0.05, 0) is 43.2 Å². The van der Waals surface area contributed by atoms with Crippen LogP contribution in [0.3, 0.4) is 0 Å². The maximum Gasteiger partial charge on any atom is 0.257 e. The Morgan fingerprint density at radius 2 is 1.81 bits per heavy atom. The van der Waals surface area contributed by atoms with Gasteiger partial charge in [-0.2, -0.15) is 4.31 Å². The molecule has 0 spiro atoms. The number of hydrogen-bond acceptors (Lipinski definition) is 5. The Morgan fingerprint density at radius 1 is 1.04 bits per heavy atom. The number of carbonyl (C=O) groups is 1. The molecule has 0 bridgehead atoms. The summed E-state index contributed by atoms with van der Waals surface area (Å²) >= 11 is 1.42. The number of amides is 1. The summed E-state index contributed by atoms with van der Waals surface area (Å²) in [6.45, 7) is 1.13. The van der Waals surface area contributed by atoms with Crippen molar-refractivity contribution in [1.29, 1.82) is 0 Å². The van der Waals surface area contributed by atoms with E-state index >= 15 is 0 Å². The predicted molar refractivity (Wildman–Crippen MR) is 107 cm³/mol. The third-order valence-corrected chi connectivity index (χ3v) is 7.78. The molecule has 1 atom stereocenters. The van der Waals surface area contributed by atoms with Crippen LogP contribution >= 0.6 is 11.8 Å². The highest BCUT2D eigenvalue weighted by Gasteiger charge is 2.28. The lowest BCUT2D eigenvalue weighted by molar-refractivity contribution is -0.115. The molecule has 2 aliphatic rings. The van der Waals surface area contributed by atoms with Gasteiger partial charge in [-0.3, -0.25) is 4.79 Å². The molecule has 2 aromatic rings. The van der Waals surface area contributed by atoms with Crippen LogP contribution in [0, 0.1) is 0 Å². The molecule has 1 fully saturated rings. The topological polar surface area (TPSA) is 78.5 Å². The maximum absolute atomic E-state index is 12.9. The van der Waals surface area contributed by atoms with Gasteiger partial charge < -0.3 is 10.6 Å². The number of hydrogen-bond donors (Lipinski definition) is 2. The Hall–Kier alpha value is -2.03. The monoisotopic (exact) mass is 403 g/mol. The molecule has 1 amide bonds. The SMILES string of the molecule is O=C1Nc2ccccc2S[C@@H]1Nc1cccc(S(=O)(=O)N2CCCCC2)c1. The second-order valence-corrected chi connectivity index (χ2v) is 9.71. The van der Waals surface area contributed by atoms with E-state index in [1.54, 1.807) is 28.6 Å². The predicted octanol–water partition coefficient (Wildman–Crippen LogP) is 3.34. The highest BCUT2D eigenvalue weighted by molar-refractivity contribution is 8.01. The normalized spacial score (nSPS) is 20.6. The summed E-state index contributed by atoms with van der Waals surface area (Å²) in [5.41, 5.74) is 1.41. The van der Waals surface area contributed by atoms with Crippen molar-refractivity contribution in [3.8, 4) is 0 Å². The Bertz CT molecular complexity index is 956. The van der Waals surface area contributed by atoms with Crippen molar-refractivity contribution in [3.63, 3.8) is 0 Å². The summed E-state index contributed by atoms with van der Waals surface area (Å²) in [6, 6.07) is 14.3. The van der Waals surface area contributed by atoms with Crippen LogP contribution < -0.4 is 10.6 Å². The molecule has 4 rings (SSSR count). The molecule has 0 aliphatic carbocycles. The minimum atomic E-state index is -3.50. The van der Waals surface area contributed by atoms with Crippen LogP contribution in [0.4, 0.5) is 11.4 Å². The van der Waals surface area contributed by atoms with Crippen molar-refractivity contribution in [2.75, 3.05) is 23.7 Å². The zero-order valence-electron chi connectivity index (χ0n) is 14.7. The first-order chi connectivity index (χ1) is 13.0. The largest absolute Gasteiger partial charge is 0.365 e. The molecule has 2 N–H and O–H groups in total. The van der Waals surface area contributed by atoms with Gasteiger partial charge in [-0.25, -0.2) is 8.42 Å². The number of nitrogens with one attached hydrogen (secondary N) is 2. The van der Waals surface area contributed by atoms with Gasteiger partial charge in [0.05, 0.1) is 10.6 Å². The second-order valence-electron chi connectivity index (χ2n) is 6.62. The molecule has 27 heavy (non-hydrogen) atoms. The lowest BCUT2D eigenvalue weighted by atomic mass is 10.2. The minimum absolute atomic E-state index is 0.150. The lowest BCUT2D eigenvalue weighted by Gasteiger charge is -2.27. The van der Waals surface area contributed by atoms with E-state index in [2.05, 4.69) is 10.6 Å².